The highest BCUT2D eigenvalue weighted by molar-refractivity contribution is 7.80. The van der Waals surface area contributed by atoms with Crippen LogP contribution in [0.1, 0.15) is 32.6 Å². The number of rotatable bonds is 5. The van der Waals surface area contributed by atoms with Crippen LogP contribution in [0.3, 0.4) is 0 Å². The quantitative estimate of drug-likeness (QED) is 0.719. The highest BCUT2D eigenvalue weighted by Gasteiger charge is 2.22. The summed E-state index contributed by atoms with van der Waals surface area (Å²) in [6.45, 7) is 3.75. The normalized spacial score (nSPS) is 23.1. The van der Waals surface area contributed by atoms with Gasteiger partial charge < -0.3 is 16.0 Å². The number of nitrogens with two attached hydrogens (primary N) is 1. The summed E-state index contributed by atoms with van der Waals surface area (Å²) < 4.78 is 0. The van der Waals surface area contributed by atoms with E-state index in [-0.39, 0.29) is 11.8 Å². The number of thiocarbonyl (C=S) groups is 1. The van der Waals surface area contributed by atoms with Gasteiger partial charge in [-0.05, 0) is 32.9 Å². The number of nitrogens with zero attached hydrogens (tertiary/aromatic N) is 1. The Morgan fingerprint density at radius 1 is 1.59 bits per heavy atom. The fraction of sp³-hybridized carbons (Fsp3) is 0.833. The zero-order chi connectivity index (χ0) is 12.8. The van der Waals surface area contributed by atoms with Crippen LogP contribution in [0.2, 0.25) is 0 Å². The molecule has 3 N–H and O–H groups in total. The van der Waals surface area contributed by atoms with Gasteiger partial charge in [0.15, 0.2) is 0 Å². The van der Waals surface area contributed by atoms with Crippen LogP contribution in [-0.4, -0.2) is 42.0 Å². The minimum absolute atomic E-state index is 0.0287. The van der Waals surface area contributed by atoms with E-state index in [1.54, 1.807) is 0 Å². The second-order valence-electron chi connectivity index (χ2n) is 4.74. The summed E-state index contributed by atoms with van der Waals surface area (Å²) >= 11 is 4.89. The monoisotopic (exact) mass is 257 g/mol. The lowest BCUT2D eigenvalue weighted by Crippen LogP contribution is -2.47. The summed E-state index contributed by atoms with van der Waals surface area (Å²) in [6.07, 6.45) is 4.32. The summed E-state index contributed by atoms with van der Waals surface area (Å²) in [5, 5.41) is 2.97. The third-order valence-corrected chi connectivity index (χ3v) is 3.79. The topological polar surface area (TPSA) is 58.4 Å². The first kappa shape index (κ1) is 14.4. The number of amides is 1. The van der Waals surface area contributed by atoms with Gasteiger partial charge in [-0.25, -0.2) is 0 Å². The lowest BCUT2D eigenvalue weighted by molar-refractivity contribution is -0.123. The van der Waals surface area contributed by atoms with Crippen LogP contribution in [0.15, 0.2) is 0 Å². The van der Waals surface area contributed by atoms with E-state index in [9.17, 15) is 4.79 Å². The van der Waals surface area contributed by atoms with Crippen molar-refractivity contribution in [2.45, 2.75) is 38.6 Å². The zero-order valence-electron chi connectivity index (χ0n) is 10.7. The Morgan fingerprint density at radius 2 is 2.29 bits per heavy atom. The molecule has 0 aromatic carbocycles. The molecule has 0 radical (unpaired) electrons. The zero-order valence-corrected chi connectivity index (χ0v) is 11.6. The summed E-state index contributed by atoms with van der Waals surface area (Å²) in [5.41, 5.74) is 5.54. The van der Waals surface area contributed by atoms with E-state index in [0.717, 1.165) is 13.0 Å². The van der Waals surface area contributed by atoms with Crippen molar-refractivity contribution >= 4 is 23.1 Å². The molecule has 1 rings (SSSR count). The third kappa shape index (κ3) is 4.24. The molecule has 5 heteroatoms. The molecule has 98 valence electrons. The molecule has 1 amide bonds. The van der Waals surface area contributed by atoms with Gasteiger partial charge in [0.05, 0.1) is 10.9 Å². The van der Waals surface area contributed by atoms with Crippen LogP contribution in [0.25, 0.3) is 0 Å². The Bertz CT molecular complexity index is 283. The van der Waals surface area contributed by atoms with Crippen LogP contribution >= 0.6 is 12.2 Å². The standard InChI is InChI=1S/C12H23N3OS/c1-3-10(11(13)17)12(16)14-8-9-6-4-5-7-15(9)2/h9-10H,3-8H2,1-2H3,(H2,13,17)(H,14,16). The molecule has 0 aliphatic carbocycles. The van der Waals surface area contributed by atoms with Crippen molar-refractivity contribution in [2.75, 3.05) is 20.1 Å². The molecule has 4 nitrogen and oxygen atoms in total. The number of carbonyl (C=O) groups is 1. The van der Waals surface area contributed by atoms with Gasteiger partial charge >= 0.3 is 0 Å². The molecule has 1 aliphatic heterocycles. The minimum atomic E-state index is -0.320. The molecule has 1 fully saturated rings. The molecule has 0 aromatic rings. The average Bonchev–Trinajstić information content (AvgIpc) is 2.28. The predicted octanol–water partition coefficient (Wildman–Crippen LogP) is 0.899. The fourth-order valence-corrected chi connectivity index (χ4v) is 2.53. The molecule has 0 saturated carbocycles. The van der Waals surface area contributed by atoms with Gasteiger partial charge in [0.1, 0.15) is 0 Å². The van der Waals surface area contributed by atoms with E-state index < -0.39 is 0 Å². The highest BCUT2D eigenvalue weighted by Crippen LogP contribution is 2.14. The molecular formula is C12H23N3OS. The molecule has 1 heterocycles. The Labute approximate surface area is 109 Å². The molecule has 0 spiro atoms. The van der Waals surface area contributed by atoms with Crippen molar-refractivity contribution in [1.82, 2.24) is 10.2 Å². The number of hydrogen-bond acceptors (Lipinski definition) is 3. The largest absolute Gasteiger partial charge is 0.393 e. The Hall–Kier alpha value is -0.680. The number of piperidine rings is 1. The summed E-state index contributed by atoms with van der Waals surface area (Å²) in [6, 6.07) is 0.455. The third-order valence-electron chi connectivity index (χ3n) is 3.50. The maximum absolute atomic E-state index is 11.9. The first-order valence-corrected chi connectivity index (χ1v) is 6.74. The van der Waals surface area contributed by atoms with Crippen molar-refractivity contribution < 1.29 is 4.79 Å². The van der Waals surface area contributed by atoms with Crippen LogP contribution in [0.4, 0.5) is 0 Å². The molecule has 17 heavy (non-hydrogen) atoms. The molecule has 2 atom stereocenters. The van der Waals surface area contributed by atoms with Gasteiger partial charge in [0.2, 0.25) is 5.91 Å². The Morgan fingerprint density at radius 3 is 2.82 bits per heavy atom. The Kier molecular flexibility index (Phi) is 5.85. The molecule has 0 aromatic heterocycles. The number of carbonyl (C=O) groups excluding carboxylic acids is 1. The van der Waals surface area contributed by atoms with Crippen LogP contribution in [0.5, 0.6) is 0 Å². The van der Waals surface area contributed by atoms with Gasteiger partial charge in [-0.3, -0.25) is 4.79 Å². The first-order chi connectivity index (χ1) is 8.06. The average molecular weight is 257 g/mol. The molecular weight excluding hydrogens is 234 g/mol. The van der Waals surface area contributed by atoms with Gasteiger partial charge in [0, 0.05) is 12.6 Å². The smallest absolute Gasteiger partial charge is 0.229 e. The van der Waals surface area contributed by atoms with Gasteiger partial charge in [0.25, 0.3) is 0 Å². The molecule has 2 unspecified atom stereocenters. The van der Waals surface area contributed by atoms with E-state index in [2.05, 4.69) is 17.3 Å². The van der Waals surface area contributed by atoms with Crippen molar-refractivity contribution in [2.24, 2.45) is 11.7 Å². The van der Waals surface area contributed by atoms with Crippen molar-refractivity contribution in [3.05, 3.63) is 0 Å². The van der Waals surface area contributed by atoms with E-state index in [4.69, 9.17) is 18.0 Å². The van der Waals surface area contributed by atoms with Crippen molar-refractivity contribution in [1.29, 1.82) is 0 Å². The molecule has 1 aliphatic rings. The van der Waals surface area contributed by atoms with Crippen LogP contribution < -0.4 is 11.1 Å². The number of likely N-dealkylation sites (N-methyl/N-ethyl adjacent to an activating group) is 1. The maximum atomic E-state index is 11.9. The van der Waals surface area contributed by atoms with Gasteiger partial charge in [-0.15, -0.1) is 0 Å². The summed E-state index contributed by atoms with van der Waals surface area (Å²) in [5.74, 6) is -0.349. The van der Waals surface area contributed by atoms with E-state index in [1.807, 2.05) is 6.92 Å². The number of nitrogens with one attached hydrogen (secondary N) is 1. The lowest BCUT2D eigenvalue weighted by atomic mass is 10.0. The van der Waals surface area contributed by atoms with Gasteiger partial charge in [-0.2, -0.15) is 0 Å². The minimum Gasteiger partial charge on any atom is -0.393 e. The molecule has 1 saturated heterocycles. The highest BCUT2D eigenvalue weighted by atomic mass is 32.1. The SMILES string of the molecule is CCC(C(=O)NCC1CCCCN1C)C(N)=S. The van der Waals surface area contributed by atoms with Crippen LogP contribution in [-0.2, 0) is 4.79 Å². The van der Waals surface area contributed by atoms with Crippen molar-refractivity contribution in [3.63, 3.8) is 0 Å². The second-order valence-corrected chi connectivity index (χ2v) is 5.21. The number of hydrogen-bond donors (Lipinski definition) is 2. The van der Waals surface area contributed by atoms with Crippen molar-refractivity contribution in [3.8, 4) is 0 Å². The van der Waals surface area contributed by atoms with E-state index >= 15 is 0 Å². The molecule has 0 bridgehead atoms. The summed E-state index contributed by atoms with van der Waals surface area (Å²) in [7, 11) is 2.11. The maximum Gasteiger partial charge on any atom is 0.229 e. The van der Waals surface area contributed by atoms with Crippen LogP contribution in [0, 0.1) is 5.92 Å². The fourth-order valence-electron chi connectivity index (χ4n) is 2.26. The number of likely N-dealkylation sites (tertiary alicyclic amines) is 1. The van der Waals surface area contributed by atoms with E-state index in [1.165, 1.54) is 12.8 Å². The lowest BCUT2D eigenvalue weighted by Gasteiger charge is -2.32. The Balaban J connectivity index is 2.38. The second kappa shape index (κ2) is 6.91. The predicted molar refractivity (Wildman–Crippen MR) is 73.8 cm³/mol. The first-order valence-electron chi connectivity index (χ1n) is 6.33. The van der Waals surface area contributed by atoms with Gasteiger partial charge in [-0.1, -0.05) is 25.6 Å². The summed E-state index contributed by atoms with van der Waals surface area (Å²) in [4.78, 5) is 14.5. The van der Waals surface area contributed by atoms with E-state index in [0.29, 0.717) is 24.0 Å².